The highest BCUT2D eigenvalue weighted by molar-refractivity contribution is 5.91. The molecule has 18 atom stereocenters. The number of allylic oxidation sites excluding steroid dienone is 3. The first-order chi connectivity index (χ1) is 59.4. The van der Waals surface area contributed by atoms with E-state index in [1.165, 1.54) is 151 Å². The lowest BCUT2D eigenvalue weighted by atomic mass is 9.46. The van der Waals surface area contributed by atoms with E-state index in [1.807, 2.05) is 24.3 Å². The van der Waals surface area contributed by atoms with Crippen molar-refractivity contribution in [2.75, 3.05) is 53.9 Å². The second kappa shape index (κ2) is 40.6. The summed E-state index contributed by atoms with van der Waals surface area (Å²) in [6.45, 7) is 32.3. The first kappa shape index (κ1) is 93.1. The molecule has 0 radical (unpaired) electrons. The van der Waals surface area contributed by atoms with E-state index >= 15 is 0 Å². The molecule has 12 aliphatic rings. The van der Waals surface area contributed by atoms with Crippen molar-refractivity contribution in [1.82, 2.24) is 0 Å². The van der Waals surface area contributed by atoms with Crippen molar-refractivity contribution < 1.29 is 102 Å². The SMILES string of the molecule is C=C1CCC2[C@]3(C)CO[C@@H](C4CCCC4)O[C@@H]3CC[C@@]2(C)[C@@H]1CCOc1cccc(C(=O)O)c1.C=C1CCC2[C@]3(C)CO[C@@H](C4CCCC4)O[C@@H]3CC[C@@]2(C)[C@@H]1CCOc1cccc(C(=O)O)c1.C=C1CCC2[C@]3(C)CO[C@@H](C4CCCC4)O[C@@H]3CC[C@@]2(C)[C@@H]1CCOc1cccc(C(=O)OC)c1.COC(=O)c1cccc(O)c1.O=C(O)c1cccc(O)c1. The van der Waals surface area contributed by atoms with Crippen molar-refractivity contribution in [1.29, 1.82) is 0 Å². The van der Waals surface area contributed by atoms with Gasteiger partial charge in [-0.25, -0.2) is 24.0 Å². The van der Waals surface area contributed by atoms with Crippen LogP contribution in [0.4, 0.5) is 0 Å². The topological polar surface area (TPSA) is 288 Å². The summed E-state index contributed by atoms with van der Waals surface area (Å²) in [4.78, 5) is 55.5. The van der Waals surface area contributed by atoms with Crippen LogP contribution < -0.4 is 14.2 Å². The van der Waals surface area contributed by atoms with Gasteiger partial charge in [0.1, 0.15) is 28.7 Å². The number of carbonyl (C=O) groups is 5. The standard InChI is InChI=1S/C30H42O5.2C29H40O5.C8H8O3.C7H6O3/c1-20-12-13-25-29(2,24(20)15-17-33-23-11-7-10-22(18-23)27(31)32-4)16-14-26-30(25,3)19-34-28(35-26)21-8-5-6-9-21;2*1-19-11-12-24-28(2,23(19)14-16-32-22-10-6-9-21(17-22)26(30)31)15-13-25-29(24,3)18-33-27(34-25)20-7-4-5-8-20;1-11-8(10)6-3-2-4-7(9)5-6;8-6-3-1-2-5(4-6)7(9)10/h7,10-11,18,21,24-26,28H,1,5-6,8-9,12-17,19H2,2-4H3;2*6,9-10,17,20,23-25,27H,1,4-5,7-8,11-16,18H2,2-3H3,(H,30,31);2-5,9H,1H3;1-4,8H,(H,9,10)/t24-,25?,26-,28-,29+,30+;2*23-,24?,25-,27-,28+,29+;;/m111../s1. The van der Waals surface area contributed by atoms with E-state index in [-0.39, 0.29) is 97.7 Å². The molecule has 3 unspecified atom stereocenters. The number of carbonyl (C=O) groups excluding carboxylic acids is 2. The molecule has 0 aromatic heterocycles. The van der Waals surface area contributed by atoms with E-state index in [4.69, 9.17) is 62.7 Å². The molecular formula is C103H136O21. The van der Waals surface area contributed by atoms with Gasteiger partial charge in [-0.2, -0.15) is 0 Å². The first-order valence-corrected chi connectivity index (χ1v) is 45.9. The smallest absolute Gasteiger partial charge is 0.337 e. The summed E-state index contributed by atoms with van der Waals surface area (Å²) in [7, 11) is 2.69. The van der Waals surface area contributed by atoms with Gasteiger partial charge in [0.25, 0.3) is 0 Å². The van der Waals surface area contributed by atoms with Crippen molar-refractivity contribution in [3.63, 3.8) is 0 Å². The molecule has 21 heteroatoms. The van der Waals surface area contributed by atoms with Crippen LogP contribution in [0.15, 0.2) is 158 Å². The number of phenolic OH excluding ortho intramolecular Hbond substituents is 2. The van der Waals surface area contributed by atoms with Gasteiger partial charge in [-0.15, -0.1) is 0 Å². The number of rotatable bonds is 20. The van der Waals surface area contributed by atoms with Gasteiger partial charge >= 0.3 is 29.8 Å². The largest absolute Gasteiger partial charge is 0.508 e. The number of methoxy groups -OCH3 is 2. The van der Waals surface area contributed by atoms with Crippen LogP contribution in [-0.2, 0) is 37.9 Å². The Kier molecular flexibility index (Phi) is 30.5. The molecule has 12 fully saturated rings. The molecule has 5 aromatic carbocycles. The Hall–Kier alpha value is -8.57. The van der Waals surface area contributed by atoms with Gasteiger partial charge in [-0.05, 0) is 278 Å². The van der Waals surface area contributed by atoms with Gasteiger partial charge in [-0.3, -0.25) is 0 Å². The fraction of sp³-hybridized carbons (Fsp3) is 0.602. The molecule has 124 heavy (non-hydrogen) atoms. The predicted molar refractivity (Wildman–Crippen MR) is 472 cm³/mol. The van der Waals surface area contributed by atoms with Crippen LogP contribution in [0.25, 0.3) is 0 Å². The first-order valence-electron chi connectivity index (χ1n) is 45.9. The summed E-state index contributed by atoms with van der Waals surface area (Å²) >= 11 is 0. The number of carboxylic acid groups (broad SMARTS) is 3. The van der Waals surface area contributed by atoms with Gasteiger partial charge in [-0.1, -0.05) is 147 Å². The van der Waals surface area contributed by atoms with Crippen molar-refractivity contribution in [2.45, 2.75) is 252 Å². The molecule has 0 spiro atoms. The lowest BCUT2D eigenvalue weighted by Gasteiger charge is -2.63. The summed E-state index contributed by atoms with van der Waals surface area (Å²) in [5.74, 6) is 2.84. The molecule has 0 bridgehead atoms. The number of phenols is 2. The summed E-state index contributed by atoms with van der Waals surface area (Å²) in [6, 6.07) is 32.3. The van der Waals surface area contributed by atoms with Gasteiger partial charge in [0, 0.05) is 34.0 Å². The molecule has 3 heterocycles. The van der Waals surface area contributed by atoms with E-state index in [2.05, 4.69) is 66.0 Å². The van der Waals surface area contributed by atoms with Crippen molar-refractivity contribution in [3.8, 4) is 28.7 Å². The van der Waals surface area contributed by atoms with Gasteiger partial charge in [0.05, 0.1) is 100.0 Å². The second-order valence-electron chi connectivity index (χ2n) is 39.1. The van der Waals surface area contributed by atoms with E-state index in [0.29, 0.717) is 108 Å². The third-order valence-electron chi connectivity index (χ3n) is 31.7. The van der Waals surface area contributed by atoms with Crippen molar-refractivity contribution in [3.05, 3.63) is 186 Å². The number of aromatic hydroxyl groups is 2. The highest BCUT2D eigenvalue weighted by Gasteiger charge is 2.64. The Morgan fingerprint density at radius 2 is 0.629 bits per heavy atom. The zero-order valence-electron chi connectivity index (χ0n) is 74.4. The number of hydrogen-bond donors (Lipinski definition) is 5. The Labute approximate surface area is 733 Å². The maximum Gasteiger partial charge on any atom is 0.337 e. The molecule has 3 aliphatic heterocycles. The van der Waals surface area contributed by atoms with Crippen LogP contribution in [0, 0.1) is 85.8 Å². The van der Waals surface area contributed by atoms with Gasteiger partial charge in [0.15, 0.2) is 18.9 Å². The molecule has 674 valence electrons. The van der Waals surface area contributed by atoms with E-state index < -0.39 is 23.9 Å². The maximum absolute atomic E-state index is 11.9. The molecule has 9 aliphatic carbocycles. The number of fused-ring (bicyclic) bond motifs is 9. The summed E-state index contributed by atoms with van der Waals surface area (Å²) in [5, 5.41) is 44.6. The van der Waals surface area contributed by atoms with E-state index in [0.717, 1.165) is 110 Å². The number of carboxylic acids is 3. The molecule has 3 saturated heterocycles. The molecule has 5 N–H and O–H groups in total. The predicted octanol–water partition coefficient (Wildman–Crippen LogP) is 21.8. The normalized spacial score (nSPS) is 33.1. The summed E-state index contributed by atoms with van der Waals surface area (Å²) < 4.78 is 66.9. The van der Waals surface area contributed by atoms with Crippen LogP contribution in [-0.4, -0.2) is 146 Å². The minimum absolute atomic E-state index is 0.00318. The second-order valence-corrected chi connectivity index (χ2v) is 39.1. The van der Waals surface area contributed by atoms with Crippen LogP contribution in [0.5, 0.6) is 28.7 Å². The minimum Gasteiger partial charge on any atom is -0.508 e. The average Bonchev–Trinajstić information content (AvgIpc) is 0.789. The molecule has 0 amide bonds. The Morgan fingerprint density at radius 1 is 0.363 bits per heavy atom. The number of benzene rings is 5. The lowest BCUT2D eigenvalue weighted by Crippen LogP contribution is -2.62. The fourth-order valence-electron chi connectivity index (χ4n) is 25.1. The monoisotopic (exact) mass is 1710 g/mol. The molecule has 9 saturated carbocycles. The van der Waals surface area contributed by atoms with E-state index in [9.17, 15) is 34.2 Å². The number of esters is 2. The van der Waals surface area contributed by atoms with Crippen molar-refractivity contribution in [2.24, 2.45) is 85.8 Å². The van der Waals surface area contributed by atoms with Crippen LogP contribution in [0.1, 0.15) is 267 Å². The van der Waals surface area contributed by atoms with Gasteiger partial charge in [0.2, 0.25) is 0 Å². The van der Waals surface area contributed by atoms with Crippen LogP contribution >= 0.6 is 0 Å². The molecule has 17 rings (SSSR count). The fourth-order valence-corrected chi connectivity index (χ4v) is 25.1. The van der Waals surface area contributed by atoms with Crippen LogP contribution in [0.3, 0.4) is 0 Å². The Morgan fingerprint density at radius 3 is 0.911 bits per heavy atom. The summed E-state index contributed by atoms with van der Waals surface area (Å²) in [5.41, 5.74) is 6.12. The average molecular weight is 1710 g/mol. The van der Waals surface area contributed by atoms with Crippen LogP contribution in [0.2, 0.25) is 0 Å². The molecule has 5 aromatic rings. The number of ether oxygens (including phenoxy) is 11. The molecular weight excluding hydrogens is 1570 g/mol. The zero-order chi connectivity index (χ0) is 88.3. The Bertz CT molecular complexity index is 4390. The minimum atomic E-state index is -1.03. The van der Waals surface area contributed by atoms with E-state index in [1.54, 1.807) is 60.7 Å². The Balaban J connectivity index is 0.000000143. The lowest BCUT2D eigenvalue weighted by molar-refractivity contribution is -0.316. The zero-order valence-corrected chi connectivity index (χ0v) is 74.4. The van der Waals surface area contributed by atoms with Crippen molar-refractivity contribution >= 4 is 29.8 Å². The summed E-state index contributed by atoms with van der Waals surface area (Å²) in [6.07, 6.45) is 32.3. The van der Waals surface area contributed by atoms with Gasteiger partial charge < -0.3 is 77.6 Å². The number of aromatic carboxylic acids is 3. The quantitative estimate of drug-likeness (QED) is 0.0357. The maximum atomic E-state index is 11.9. The third-order valence-corrected chi connectivity index (χ3v) is 31.7. The number of hydrogen-bond acceptors (Lipinski definition) is 18. The molecule has 21 nitrogen and oxygen atoms in total. The highest BCUT2D eigenvalue weighted by atomic mass is 16.7. The third kappa shape index (κ3) is 20.7. The highest BCUT2D eigenvalue weighted by Crippen LogP contribution is 2.67.